The van der Waals surface area contributed by atoms with Crippen LogP contribution in [0.2, 0.25) is 0 Å². The molecule has 1 aliphatic carbocycles. The number of nitrogens with one attached hydrogen (secondary N) is 1. The smallest absolute Gasteiger partial charge is 0.270 e. The Bertz CT molecular complexity index is 990. The van der Waals surface area contributed by atoms with Crippen molar-refractivity contribution in [2.24, 2.45) is 5.92 Å². The van der Waals surface area contributed by atoms with Gasteiger partial charge in [0.05, 0.1) is 18.1 Å². The molecule has 0 aliphatic heterocycles. The highest BCUT2D eigenvalue weighted by atomic mass is 32.2. The number of sulfone groups is 1. The molecule has 0 bridgehead atoms. The molecule has 1 N–H and O–H groups in total. The van der Waals surface area contributed by atoms with Crippen molar-refractivity contribution < 1.29 is 19.4 Å². The molecule has 0 saturated carbocycles. The number of hydrogen-bond acceptors (Lipinski definition) is 6. The molecule has 1 amide bonds. The van der Waals surface area contributed by atoms with Gasteiger partial charge in [-0.15, -0.1) is 0 Å². The third-order valence-electron chi connectivity index (χ3n) is 3.85. The Labute approximate surface area is 166 Å². The largest absolute Gasteiger partial charge is 0.491 e. The zero-order valence-corrected chi connectivity index (χ0v) is 17.7. The Hall–Kier alpha value is -2.38. The second-order valence-electron chi connectivity index (χ2n) is 7.75. The summed E-state index contributed by atoms with van der Waals surface area (Å²) in [4.78, 5) is 24.5. The molecule has 0 aromatic carbocycles. The second-order valence-corrected chi connectivity index (χ2v) is 9.89. The first-order chi connectivity index (χ1) is 12.9. The molecule has 1 heterocycles. The molecule has 1 aliphatic rings. The average Bonchev–Trinajstić information content (AvgIpc) is 2.51. The first-order valence-corrected chi connectivity index (χ1v) is 11.2. The van der Waals surface area contributed by atoms with Crippen LogP contribution in [-0.2, 0) is 21.2 Å². The minimum absolute atomic E-state index is 0. The maximum absolute atomic E-state index is 12.3. The van der Waals surface area contributed by atoms with E-state index in [0.29, 0.717) is 41.7 Å². The van der Waals surface area contributed by atoms with Gasteiger partial charge in [0.25, 0.3) is 5.56 Å². The lowest BCUT2D eigenvalue weighted by Crippen LogP contribution is -2.35. The van der Waals surface area contributed by atoms with Gasteiger partial charge in [-0.05, 0) is 11.5 Å². The maximum Gasteiger partial charge on any atom is 0.270 e. The minimum Gasteiger partial charge on any atom is -0.491 e. The first-order valence-electron chi connectivity index (χ1n) is 9.14. The van der Waals surface area contributed by atoms with Gasteiger partial charge in [-0.3, -0.25) is 9.59 Å². The third kappa shape index (κ3) is 6.35. The van der Waals surface area contributed by atoms with Gasteiger partial charge >= 0.3 is 0 Å². The van der Waals surface area contributed by atoms with Crippen LogP contribution in [0.1, 0.15) is 47.2 Å². The highest BCUT2D eigenvalue weighted by Gasteiger charge is 2.19. The Morgan fingerprint density at radius 2 is 2.04 bits per heavy atom. The summed E-state index contributed by atoms with van der Waals surface area (Å²) < 4.78 is 29.3. The first kappa shape index (κ1) is 21.9. The number of hydrogen-bond donors (Lipinski definition) is 1. The van der Waals surface area contributed by atoms with Crippen LogP contribution in [0.25, 0.3) is 0 Å². The van der Waals surface area contributed by atoms with Gasteiger partial charge in [-0.25, -0.2) is 13.1 Å². The molecule has 8 nitrogen and oxygen atoms in total. The Morgan fingerprint density at radius 3 is 2.57 bits per heavy atom. The summed E-state index contributed by atoms with van der Waals surface area (Å²) in [5.74, 6) is 0.294. The fraction of sp³-hybridized carbons (Fsp3) is 0.579. The normalized spacial score (nSPS) is 13.8. The molecule has 1 aromatic rings. The van der Waals surface area contributed by atoms with Gasteiger partial charge in [-0.2, -0.15) is 5.10 Å². The summed E-state index contributed by atoms with van der Waals surface area (Å²) in [5.41, 5.74) is 4.16. The van der Waals surface area contributed by atoms with Crippen molar-refractivity contribution in [1.82, 2.24) is 15.1 Å². The van der Waals surface area contributed by atoms with Gasteiger partial charge in [0.1, 0.15) is 18.0 Å². The maximum atomic E-state index is 12.3. The number of ether oxygens (including phenoxy) is 1. The van der Waals surface area contributed by atoms with Crippen LogP contribution in [0.3, 0.4) is 0 Å². The van der Waals surface area contributed by atoms with Crippen molar-refractivity contribution in [3.8, 4) is 5.75 Å². The van der Waals surface area contributed by atoms with E-state index >= 15 is 0 Å². The van der Waals surface area contributed by atoms with Crippen LogP contribution in [0.5, 0.6) is 5.75 Å². The van der Waals surface area contributed by atoms with Crippen molar-refractivity contribution in [2.75, 3.05) is 18.6 Å². The minimum atomic E-state index is -3.11. The number of carbonyl (C=O) groups excluding carboxylic acids is 1. The summed E-state index contributed by atoms with van der Waals surface area (Å²) in [7, 11) is -3.11. The van der Waals surface area contributed by atoms with E-state index in [4.69, 9.17) is 4.74 Å². The van der Waals surface area contributed by atoms with Crippen molar-refractivity contribution in [1.29, 1.82) is 0 Å². The van der Waals surface area contributed by atoms with Gasteiger partial charge in [-0.1, -0.05) is 33.4 Å². The van der Waals surface area contributed by atoms with Gasteiger partial charge in [0.15, 0.2) is 9.84 Å². The quantitative estimate of drug-likeness (QED) is 0.619. The van der Waals surface area contributed by atoms with Crippen molar-refractivity contribution in [2.45, 2.75) is 46.6 Å². The summed E-state index contributed by atoms with van der Waals surface area (Å²) in [6.45, 7) is 8.13. The lowest BCUT2D eigenvalue weighted by molar-refractivity contribution is -0.121. The third-order valence-corrected chi connectivity index (χ3v) is 4.72. The number of rotatable bonds is 9. The average molecular weight is 412 g/mol. The zero-order valence-electron chi connectivity index (χ0n) is 16.9. The van der Waals surface area contributed by atoms with E-state index < -0.39 is 21.3 Å². The lowest BCUT2D eigenvalue weighted by atomic mass is 10.1. The fourth-order valence-electron chi connectivity index (χ4n) is 2.61. The molecular weight excluding hydrogens is 382 g/mol. The molecule has 0 unspecified atom stereocenters. The van der Waals surface area contributed by atoms with Crippen LogP contribution >= 0.6 is 0 Å². The highest BCUT2D eigenvalue weighted by molar-refractivity contribution is 7.90. The summed E-state index contributed by atoms with van der Waals surface area (Å²) in [6, 6.07) is 1.37. The van der Waals surface area contributed by atoms with Crippen molar-refractivity contribution in [3.05, 3.63) is 39.1 Å². The van der Waals surface area contributed by atoms with E-state index in [1.165, 1.54) is 6.07 Å². The molecular formula is C19H29N3O5S. The predicted molar refractivity (Wildman–Crippen MR) is 108 cm³/mol. The monoisotopic (exact) mass is 411 g/mol. The number of nitrogens with zero attached hydrogens (tertiary/aromatic N) is 2. The molecule has 2 rings (SSSR count). The SMILES string of the molecule is CC(C)COc1cc(=O)n(CC(=O)NC2=C=C(CS(C)(=O)=O)C2)nc1C(C)C.[HH]. The highest BCUT2D eigenvalue weighted by Crippen LogP contribution is 2.23. The molecule has 156 valence electrons. The molecule has 0 radical (unpaired) electrons. The van der Waals surface area contributed by atoms with Gasteiger partial charge in [0.2, 0.25) is 5.91 Å². The molecule has 1 aromatic heterocycles. The van der Waals surface area contributed by atoms with E-state index in [9.17, 15) is 18.0 Å². The molecule has 0 atom stereocenters. The van der Waals surface area contributed by atoms with E-state index in [-0.39, 0.29) is 19.6 Å². The molecule has 9 heteroatoms. The van der Waals surface area contributed by atoms with Crippen LogP contribution < -0.4 is 15.6 Å². The summed E-state index contributed by atoms with van der Waals surface area (Å²) in [6.07, 6.45) is 1.51. The Balaban J connectivity index is 0.00000420. The fourth-order valence-corrected chi connectivity index (χ4v) is 3.41. The standard InChI is InChI=1S/C19H27N3O5S.H2/c1-12(2)10-27-16-8-18(24)22(21-19(16)13(3)4)9-17(23)20-15-6-14(7-15)11-28(5,25)26;/h8,12-13H,6,9-11H2,1-5H3,(H,20,23);1H. The molecule has 28 heavy (non-hydrogen) atoms. The van der Waals surface area contributed by atoms with E-state index in [1.54, 1.807) is 0 Å². The number of amides is 1. The van der Waals surface area contributed by atoms with Crippen LogP contribution in [0.4, 0.5) is 0 Å². The molecule has 0 spiro atoms. The molecule has 0 saturated heterocycles. The number of aromatic nitrogens is 2. The topological polar surface area (TPSA) is 107 Å². The zero-order chi connectivity index (χ0) is 21.1. The molecule has 0 fully saturated rings. The predicted octanol–water partition coefficient (Wildman–Crippen LogP) is 1.62. The Kier molecular flexibility index (Phi) is 6.85. The van der Waals surface area contributed by atoms with E-state index in [1.807, 2.05) is 27.7 Å². The number of carbonyl (C=O) groups is 1. The van der Waals surface area contributed by atoms with Crippen LogP contribution in [0, 0.1) is 5.92 Å². The summed E-state index contributed by atoms with van der Waals surface area (Å²) in [5, 5.41) is 6.94. The Morgan fingerprint density at radius 1 is 1.39 bits per heavy atom. The second kappa shape index (κ2) is 8.75. The van der Waals surface area contributed by atoms with E-state index in [2.05, 4.69) is 16.1 Å². The summed E-state index contributed by atoms with van der Waals surface area (Å²) >= 11 is 0. The van der Waals surface area contributed by atoms with Crippen LogP contribution in [0.15, 0.2) is 27.9 Å². The lowest BCUT2D eigenvalue weighted by Gasteiger charge is -2.17. The van der Waals surface area contributed by atoms with Crippen molar-refractivity contribution >= 4 is 15.7 Å². The van der Waals surface area contributed by atoms with Crippen molar-refractivity contribution in [3.63, 3.8) is 0 Å². The van der Waals surface area contributed by atoms with E-state index in [0.717, 1.165) is 10.9 Å². The van der Waals surface area contributed by atoms with Gasteiger partial charge < -0.3 is 10.1 Å². The van der Waals surface area contributed by atoms with Gasteiger partial charge in [0, 0.05) is 26.1 Å². The van der Waals surface area contributed by atoms with Crippen LogP contribution in [-0.4, -0.2) is 42.7 Å².